The standard InChI is InChI=1S/C29H35N5O4.ClH/c35-25(36)22-33-26(37)29(23-12-4-1-5-13-23,24-14-6-2-7-15-24)34(28(33)38)21-9-3-8-17-31-19-11-20-32-18-10-16-30-27(31)32;/h1-2,4-7,12-15H,3,8-11,16-22H2,(H,35,36);1H. The molecule has 2 fully saturated rings. The lowest BCUT2D eigenvalue weighted by molar-refractivity contribution is -0.142. The number of aliphatic carboxylic acids is 1. The molecule has 3 amide bonds. The summed E-state index contributed by atoms with van der Waals surface area (Å²) in [6.45, 7) is 4.66. The summed E-state index contributed by atoms with van der Waals surface area (Å²) in [5.74, 6) is -0.616. The predicted octanol–water partition coefficient (Wildman–Crippen LogP) is 3.64. The Labute approximate surface area is 235 Å². The third kappa shape index (κ3) is 5.45. The molecule has 3 heterocycles. The summed E-state index contributed by atoms with van der Waals surface area (Å²) in [7, 11) is 0. The molecule has 2 aromatic rings. The SMILES string of the molecule is Cl.O=C(O)CN1C(=O)N(CCCCCN2CCCN3CCCN=C23)C(c2ccccc2)(c2ccccc2)C1=O. The molecule has 0 aliphatic carbocycles. The molecular weight excluding hydrogens is 518 g/mol. The van der Waals surface area contributed by atoms with Gasteiger partial charge in [0.1, 0.15) is 6.54 Å². The number of unbranched alkanes of at least 4 members (excludes halogenated alkanes) is 2. The highest BCUT2D eigenvalue weighted by atomic mass is 35.5. The summed E-state index contributed by atoms with van der Waals surface area (Å²) >= 11 is 0. The summed E-state index contributed by atoms with van der Waals surface area (Å²) in [6, 6.07) is 17.9. The van der Waals surface area contributed by atoms with Gasteiger partial charge in [-0.15, -0.1) is 12.4 Å². The molecule has 3 aliphatic heterocycles. The number of hydrogen-bond donors (Lipinski definition) is 1. The Balaban J connectivity index is 0.00000353. The number of carboxylic acids is 1. The fraction of sp³-hybridized carbons (Fsp3) is 0.448. The highest BCUT2D eigenvalue weighted by Crippen LogP contribution is 2.43. The molecule has 208 valence electrons. The van der Waals surface area contributed by atoms with E-state index in [1.165, 1.54) is 0 Å². The number of nitrogens with zero attached hydrogens (tertiary/aromatic N) is 5. The van der Waals surface area contributed by atoms with Gasteiger partial charge in [-0.05, 0) is 43.2 Å². The molecular formula is C29H36ClN5O4. The molecule has 9 nitrogen and oxygen atoms in total. The van der Waals surface area contributed by atoms with Gasteiger partial charge in [0.05, 0.1) is 0 Å². The molecule has 3 aliphatic rings. The van der Waals surface area contributed by atoms with Gasteiger partial charge >= 0.3 is 12.0 Å². The van der Waals surface area contributed by atoms with Crippen LogP contribution in [0.15, 0.2) is 65.7 Å². The molecule has 5 rings (SSSR count). The molecule has 0 bridgehead atoms. The van der Waals surface area contributed by atoms with E-state index < -0.39 is 30.0 Å². The number of carbonyl (C=O) groups is 3. The van der Waals surface area contributed by atoms with E-state index in [1.54, 1.807) is 4.90 Å². The van der Waals surface area contributed by atoms with Gasteiger partial charge in [0, 0.05) is 39.3 Å². The van der Waals surface area contributed by atoms with Crippen LogP contribution in [-0.2, 0) is 15.1 Å². The highest BCUT2D eigenvalue weighted by molar-refractivity contribution is 6.11. The van der Waals surface area contributed by atoms with Crippen molar-refractivity contribution in [3.05, 3.63) is 71.8 Å². The first-order valence-electron chi connectivity index (χ1n) is 13.5. The smallest absolute Gasteiger partial charge is 0.328 e. The Morgan fingerprint density at radius 3 is 2.10 bits per heavy atom. The minimum absolute atomic E-state index is 0. The van der Waals surface area contributed by atoms with Crippen LogP contribution in [0.25, 0.3) is 0 Å². The first kappa shape index (κ1) is 28.4. The molecule has 0 aromatic heterocycles. The van der Waals surface area contributed by atoms with E-state index in [1.807, 2.05) is 60.7 Å². The minimum atomic E-state index is -1.40. The molecule has 0 radical (unpaired) electrons. The number of amides is 3. The Kier molecular flexibility index (Phi) is 9.12. The second-order valence-corrected chi connectivity index (χ2v) is 10.1. The van der Waals surface area contributed by atoms with Crippen molar-refractivity contribution in [2.45, 2.75) is 37.6 Å². The number of carboxylic acid groups (broad SMARTS) is 1. The summed E-state index contributed by atoms with van der Waals surface area (Å²) in [5.41, 5.74) is -0.0958. The quantitative estimate of drug-likeness (QED) is 0.356. The molecule has 0 spiro atoms. The number of guanidine groups is 1. The summed E-state index contributed by atoms with van der Waals surface area (Å²) in [6.07, 6.45) is 4.78. The summed E-state index contributed by atoms with van der Waals surface area (Å²) in [5, 5.41) is 9.48. The number of fused-ring (bicyclic) bond motifs is 1. The summed E-state index contributed by atoms with van der Waals surface area (Å²) in [4.78, 5) is 51.2. The van der Waals surface area contributed by atoms with Gasteiger partial charge in [-0.25, -0.2) is 4.79 Å². The first-order valence-corrected chi connectivity index (χ1v) is 13.5. The number of aliphatic imine (C=N–C) groups is 1. The molecule has 0 atom stereocenters. The number of imide groups is 1. The van der Waals surface area contributed by atoms with E-state index in [0.29, 0.717) is 24.1 Å². The van der Waals surface area contributed by atoms with Gasteiger partial charge in [0.2, 0.25) is 0 Å². The molecule has 39 heavy (non-hydrogen) atoms. The zero-order valence-electron chi connectivity index (χ0n) is 22.1. The number of rotatable bonds is 10. The van der Waals surface area contributed by atoms with Gasteiger partial charge in [0.25, 0.3) is 5.91 Å². The lowest BCUT2D eigenvalue weighted by Crippen LogP contribution is -2.52. The van der Waals surface area contributed by atoms with Crippen LogP contribution in [0, 0.1) is 0 Å². The largest absolute Gasteiger partial charge is 0.480 e. The van der Waals surface area contributed by atoms with Crippen molar-refractivity contribution >= 4 is 36.3 Å². The van der Waals surface area contributed by atoms with Crippen molar-refractivity contribution < 1.29 is 19.5 Å². The fourth-order valence-electron chi connectivity index (χ4n) is 5.97. The zero-order valence-corrected chi connectivity index (χ0v) is 22.9. The third-order valence-electron chi connectivity index (χ3n) is 7.67. The van der Waals surface area contributed by atoms with Gasteiger partial charge in [-0.3, -0.25) is 19.5 Å². The highest BCUT2D eigenvalue weighted by Gasteiger charge is 2.59. The Morgan fingerprint density at radius 2 is 1.46 bits per heavy atom. The van der Waals surface area contributed by atoms with Crippen molar-refractivity contribution in [2.24, 2.45) is 4.99 Å². The average molecular weight is 554 g/mol. The number of urea groups is 1. The van der Waals surface area contributed by atoms with Crippen LogP contribution in [-0.4, -0.2) is 94.4 Å². The third-order valence-corrected chi connectivity index (χ3v) is 7.67. The van der Waals surface area contributed by atoms with Crippen LogP contribution in [0.1, 0.15) is 43.2 Å². The lowest BCUT2D eigenvalue weighted by Gasteiger charge is -2.41. The monoisotopic (exact) mass is 553 g/mol. The molecule has 0 saturated carbocycles. The number of carbonyl (C=O) groups excluding carboxylic acids is 2. The lowest BCUT2D eigenvalue weighted by atomic mass is 9.81. The van der Waals surface area contributed by atoms with Gasteiger partial charge < -0.3 is 19.8 Å². The molecule has 1 N–H and O–H groups in total. The van der Waals surface area contributed by atoms with E-state index in [2.05, 4.69) is 9.80 Å². The van der Waals surface area contributed by atoms with E-state index >= 15 is 0 Å². The number of hydrogen-bond acceptors (Lipinski definition) is 6. The van der Waals surface area contributed by atoms with Crippen LogP contribution < -0.4 is 0 Å². The van der Waals surface area contributed by atoms with E-state index in [9.17, 15) is 19.5 Å². The average Bonchev–Trinajstić information content (AvgIpc) is 3.15. The van der Waals surface area contributed by atoms with Gasteiger partial charge in [-0.1, -0.05) is 60.7 Å². The Hall–Kier alpha value is -3.59. The van der Waals surface area contributed by atoms with Crippen molar-refractivity contribution in [2.75, 3.05) is 45.8 Å². The fourth-order valence-corrected chi connectivity index (χ4v) is 5.97. The molecule has 0 unspecified atom stereocenters. The number of benzene rings is 2. The molecule has 10 heteroatoms. The topological polar surface area (TPSA) is 96.8 Å². The van der Waals surface area contributed by atoms with E-state index in [0.717, 1.165) is 69.3 Å². The summed E-state index contributed by atoms with van der Waals surface area (Å²) < 4.78 is 0. The van der Waals surface area contributed by atoms with Crippen LogP contribution >= 0.6 is 12.4 Å². The van der Waals surface area contributed by atoms with E-state index in [4.69, 9.17) is 4.99 Å². The Morgan fingerprint density at radius 1 is 0.846 bits per heavy atom. The van der Waals surface area contributed by atoms with Gasteiger partial charge in [0.15, 0.2) is 11.5 Å². The maximum absolute atomic E-state index is 14.0. The molecule has 2 aromatic carbocycles. The first-order chi connectivity index (χ1) is 18.5. The normalized spacial score (nSPS) is 18.5. The molecule has 2 saturated heterocycles. The second kappa shape index (κ2) is 12.5. The van der Waals surface area contributed by atoms with Crippen LogP contribution in [0.3, 0.4) is 0 Å². The maximum atomic E-state index is 14.0. The van der Waals surface area contributed by atoms with E-state index in [-0.39, 0.29) is 12.4 Å². The minimum Gasteiger partial charge on any atom is -0.480 e. The zero-order chi connectivity index (χ0) is 26.5. The Bertz CT molecular complexity index is 1150. The predicted molar refractivity (Wildman–Crippen MR) is 151 cm³/mol. The van der Waals surface area contributed by atoms with Crippen LogP contribution in [0.4, 0.5) is 4.79 Å². The van der Waals surface area contributed by atoms with Crippen molar-refractivity contribution in [3.8, 4) is 0 Å². The number of halogens is 1. The maximum Gasteiger partial charge on any atom is 0.328 e. The van der Waals surface area contributed by atoms with Crippen LogP contribution in [0.2, 0.25) is 0 Å². The van der Waals surface area contributed by atoms with Crippen molar-refractivity contribution in [3.63, 3.8) is 0 Å². The second-order valence-electron chi connectivity index (χ2n) is 10.1. The van der Waals surface area contributed by atoms with Crippen molar-refractivity contribution in [1.82, 2.24) is 19.6 Å². The van der Waals surface area contributed by atoms with Crippen LogP contribution in [0.5, 0.6) is 0 Å². The van der Waals surface area contributed by atoms with Crippen molar-refractivity contribution in [1.29, 1.82) is 0 Å². The van der Waals surface area contributed by atoms with Gasteiger partial charge in [-0.2, -0.15) is 0 Å².